The number of carbonyl (C=O) groups is 1. The topological polar surface area (TPSA) is 49.3 Å². The Morgan fingerprint density at radius 3 is 2.40 bits per heavy atom. The monoisotopic (exact) mass is 211 g/mol. The van der Waals surface area contributed by atoms with Gasteiger partial charge in [-0.25, -0.2) is 0 Å². The maximum Gasteiger partial charge on any atom is 0.303 e. The van der Waals surface area contributed by atoms with Crippen molar-refractivity contribution < 1.29 is 9.90 Å². The van der Waals surface area contributed by atoms with E-state index in [0.29, 0.717) is 12.3 Å². The fraction of sp³-hybridized carbons (Fsp3) is 0.917. The molecule has 1 atom stereocenters. The van der Waals surface area contributed by atoms with Crippen LogP contribution in [0.3, 0.4) is 0 Å². The first-order chi connectivity index (χ1) is 7.27. The predicted octanol–water partition coefficient (Wildman–Crippen LogP) is 1.88. The van der Waals surface area contributed by atoms with Crippen LogP contribution in [0.15, 0.2) is 0 Å². The van der Waals surface area contributed by atoms with Crippen LogP contribution in [0.4, 0.5) is 0 Å². The van der Waals surface area contributed by atoms with E-state index < -0.39 is 5.97 Å². The van der Waals surface area contributed by atoms with Gasteiger partial charge < -0.3 is 10.4 Å². The van der Waals surface area contributed by atoms with Crippen molar-refractivity contribution in [3.63, 3.8) is 0 Å². The fourth-order valence-electron chi connectivity index (χ4n) is 3.15. The Kier molecular flexibility index (Phi) is 3.62. The van der Waals surface area contributed by atoms with Crippen molar-refractivity contribution in [2.75, 3.05) is 13.1 Å². The number of rotatable bonds is 5. The van der Waals surface area contributed by atoms with Gasteiger partial charge in [0.1, 0.15) is 0 Å². The van der Waals surface area contributed by atoms with E-state index in [4.69, 9.17) is 5.11 Å². The molecule has 3 nitrogen and oxygen atoms in total. The standard InChI is InChI=1S/C12H21NO2/c14-12(15)6-5-11(10-7-13-8-10)9-3-1-2-4-9/h9-11,13H,1-8H2,(H,14,15). The zero-order chi connectivity index (χ0) is 10.7. The van der Waals surface area contributed by atoms with Crippen LogP contribution >= 0.6 is 0 Å². The lowest BCUT2D eigenvalue weighted by Gasteiger charge is -2.38. The summed E-state index contributed by atoms with van der Waals surface area (Å²) in [5.41, 5.74) is 0. The highest BCUT2D eigenvalue weighted by atomic mass is 16.4. The molecule has 15 heavy (non-hydrogen) atoms. The van der Waals surface area contributed by atoms with E-state index in [1.54, 1.807) is 0 Å². The minimum Gasteiger partial charge on any atom is -0.481 e. The number of nitrogens with one attached hydrogen (secondary N) is 1. The van der Waals surface area contributed by atoms with Gasteiger partial charge in [-0.3, -0.25) is 4.79 Å². The second kappa shape index (κ2) is 4.97. The predicted molar refractivity (Wildman–Crippen MR) is 58.7 cm³/mol. The average molecular weight is 211 g/mol. The van der Waals surface area contributed by atoms with E-state index in [-0.39, 0.29) is 0 Å². The van der Waals surface area contributed by atoms with Gasteiger partial charge in [-0.15, -0.1) is 0 Å². The molecular weight excluding hydrogens is 190 g/mol. The fourth-order valence-corrected chi connectivity index (χ4v) is 3.15. The highest BCUT2D eigenvalue weighted by Gasteiger charge is 2.34. The number of carboxylic acids is 1. The van der Waals surface area contributed by atoms with Crippen LogP contribution in [0.25, 0.3) is 0 Å². The summed E-state index contributed by atoms with van der Waals surface area (Å²) >= 11 is 0. The van der Waals surface area contributed by atoms with Crippen molar-refractivity contribution in [1.82, 2.24) is 5.32 Å². The van der Waals surface area contributed by atoms with Crippen molar-refractivity contribution in [1.29, 1.82) is 0 Å². The molecule has 0 aromatic heterocycles. The summed E-state index contributed by atoms with van der Waals surface area (Å²) in [5, 5.41) is 12.1. The van der Waals surface area contributed by atoms with E-state index in [1.165, 1.54) is 25.7 Å². The quantitative estimate of drug-likeness (QED) is 0.730. The second-order valence-corrected chi connectivity index (χ2v) is 5.06. The van der Waals surface area contributed by atoms with E-state index in [0.717, 1.165) is 31.3 Å². The minimum absolute atomic E-state index is 0.359. The average Bonchev–Trinajstić information content (AvgIpc) is 2.60. The molecule has 0 spiro atoms. The van der Waals surface area contributed by atoms with Crippen LogP contribution in [0.1, 0.15) is 38.5 Å². The van der Waals surface area contributed by atoms with Gasteiger partial charge in [0.2, 0.25) is 0 Å². The second-order valence-electron chi connectivity index (χ2n) is 5.06. The third-order valence-electron chi connectivity index (χ3n) is 4.12. The smallest absolute Gasteiger partial charge is 0.303 e. The Hall–Kier alpha value is -0.570. The van der Waals surface area contributed by atoms with E-state index in [1.807, 2.05) is 0 Å². The first kappa shape index (κ1) is 10.9. The summed E-state index contributed by atoms with van der Waals surface area (Å²) < 4.78 is 0. The Morgan fingerprint density at radius 2 is 1.93 bits per heavy atom. The van der Waals surface area contributed by atoms with Gasteiger partial charge in [0.05, 0.1) is 0 Å². The van der Waals surface area contributed by atoms with Gasteiger partial charge in [-0.2, -0.15) is 0 Å². The Labute approximate surface area is 91.2 Å². The SMILES string of the molecule is O=C(O)CCC(C1CCCC1)C1CNC1. The first-order valence-corrected chi connectivity index (χ1v) is 6.20. The lowest BCUT2D eigenvalue weighted by atomic mass is 9.75. The molecule has 2 aliphatic rings. The first-order valence-electron chi connectivity index (χ1n) is 6.20. The van der Waals surface area contributed by atoms with Crippen molar-refractivity contribution in [3.8, 4) is 0 Å². The lowest BCUT2D eigenvalue weighted by molar-refractivity contribution is -0.137. The summed E-state index contributed by atoms with van der Waals surface area (Å²) in [7, 11) is 0. The Bertz CT molecular complexity index is 220. The van der Waals surface area contributed by atoms with Gasteiger partial charge in [-0.05, 0) is 37.3 Å². The molecule has 1 saturated carbocycles. The Balaban J connectivity index is 1.86. The highest BCUT2D eigenvalue weighted by molar-refractivity contribution is 5.66. The third-order valence-corrected chi connectivity index (χ3v) is 4.12. The minimum atomic E-state index is -0.634. The number of hydrogen-bond donors (Lipinski definition) is 2. The summed E-state index contributed by atoms with van der Waals surface area (Å²) in [6.45, 7) is 2.22. The van der Waals surface area contributed by atoms with Crippen molar-refractivity contribution >= 4 is 5.97 Å². The van der Waals surface area contributed by atoms with Crippen molar-refractivity contribution in [3.05, 3.63) is 0 Å². The van der Waals surface area contributed by atoms with Gasteiger partial charge >= 0.3 is 5.97 Å². The molecule has 0 radical (unpaired) electrons. The summed E-state index contributed by atoms with van der Waals surface area (Å²) in [6.07, 6.45) is 6.63. The van der Waals surface area contributed by atoms with Crippen LogP contribution < -0.4 is 5.32 Å². The van der Waals surface area contributed by atoms with Crippen molar-refractivity contribution in [2.45, 2.75) is 38.5 Å². The van der Waals surface area contributed by atoms with Crippen LogP contribution in [0, 0.1) is 17.8 Å². The molecule has 0 aromatic rings. The van der Waals surface area contributed by atoms with Crippen LogP contribution in [0.2, 0.25) is 0 Å². The van der Waals surface area contributed by atoms with Crippen molar-refractivity contribution in [2.24, 2.45) is 17.8 Å². The highest BCUT2D eigenvalue weighted by Crippen LogP contribution is 2.38. The third kappa shape index (κ3) is 2.71. The number of carboxylic acid groups (broad SMARTS) is 1. The summed E-state index contributed by atoms with van der Waals surface area (Å²) in [4.78, 5) is 10.6. The molecule has 1 aliphatic heterocycles. The molecule has 0 aromatic carbocycles. The zero-order valence-electron chi connectivity index (χ0n) is 9.24. The number of hydrogen-bond acceptors (Lipinski definition) is 2. The van der Waals surface area contributed by atoms with Gasteiger partial charge in [-0.1, -0.05) is 25.7 Å². The molecule has 1 heterocycles. The van der Waals surface area contributed by atoms with E-state index in [2.05, 4.69) is 5.32 Å². The molecule has 1 unspecified atom stereocenters. The molecule has 2 rings (SSSR count). The normalized spacial score (nSPS) is 25.1. The molecule has 0 bridgehead atoms. The molecular formula is C12H21NO2. The number of aliphatic carboxylic acids is 1. The summed E-state index contributed by atoms with van der Waals surface area (Å²) in [6, 6.07) is 0. The van der Waals surface area contributed by atoms with E-state index in [9.17, 15) is 4.79 Å². The Morgan fingerprint density at radius 1 is 1.27 bits per heavy atom. The molecule has 1 saturated heterocycles. The summed E-state index contributed by atoms with van der Waals surface area (Å²) in [5.74, 6) is 1.61. The maximum absolute atomic E-state index is 10.6. The van der Waals surface area contributed by atoms with E-state index >= 15 is 0 Å². The van der Waals surface area contributed by atoms with Gasteiger partial charge in [0, 0.05) is 6.42 Å². The van der Waals surface area contributed by atoms with Crippen LogP contribution in [-0.2, 0) is 4.79 Å². The van der Waals surface area contributed by atoms with Gasteiger partial charge in [0.15, 0.2) is 0 Å². The molecule has 2 N–H and O–H groups in total. The molecule has 86 valence electrons. The largest absolute Gasteiger partial charge is 0.481 e. The lowest BCUT2D eigenvalue weighted by Crippen LogP contribution is -2.47. The molecule has 2 fully saturated rings. The van der Waals surface area contributed by atoms with Gasteiger partial charge in [0.25, 0.3) is 0 Å². The van der Waals surface area contributed by atoms with Crippen LogP contribution in [0.5, 0.6) is 0 Å². The zero-order valence-corrected chi connectivity index (χ0v) is 9.24. The maximum atomic E-state index is 10.6. The van der Waals surface area contributed by atoms with Crippen LogP contribution in [-0.4, -0.2) is 24.2 Å². The molecule has 3 heteroatoms. The molecule has 0 amide bonds. The molecule has 1 aliphatic carbocycles.